The maximum absolute atomic E-state index is 13.1. The van der Waals surface area contributed by atoms with Crippen LogP contribution in [0, 0.1) is 20.8 Å². The first-order chi connectivity index (χ1) is 15.3. The molecule has 2 aromatic carbocycles. The van der Waals surface area contributed by atoms with E-state index in [0.717, 1.165) is 51.8 Å². The number of aromatic nitrogens is 3. The van der Waals surface area contributed by atoms with Gasteiger partial charge in [0.1, 0.15) is 5.56 Å². The molecule has 3 N–H and O–H groups in total. The van der Waals surface area contributed by atoms with Crippen LogP contribution in [0.5, 0.6) is 5.88 Å². The zero-order valence-electron chi connectivity index (χ0n) is 18.6. The molecule has 0 radical (unpaired) electrons. The van der Waals surface area contributed by atoms with Crippen molar-refractivity contribution in [1.82, 2.24) is 19.4 Å². The van der Waals surface area contributed by atoms with Crippen molar-refractivity contribution < 1.29 is 5.11 Å². The summed E-state index contributed by atoms with van der Waals surface area (Å²) in [6.07, 6.45) is 0.834. The summed E-state index contributed by atoms with van der Waals surface area (Å²) in [7, 11) is 1.93. The summed E-state index contributed by atoms with van der Waals surface area (Å²) in [5.74, 6) is -0.322. The van der Waals surface area contributed by atoms with E-state index < -0.39 is 17.3 Å². The van der Waals surface area contributed by atoms with E-state index in [2.05, 4.69) is 16.0 Å². The van der Waals surface area contributed by atoms with E-state index >= 15 is 0 Å². The van der Waals surface area contributed by atoms with E-state index in [-0.39, 0.29) is 11.4 Å². The number of likely N-dealkylation sites (N-methyl/N-ethyl adjacent to an activating group) is 1. The first kappa shape index (κ1) is 20.3. The summed E-state index contributed by atoms with van der Waals surface area (Å²) in [4.78, 5) is 33.9. The third-order valence-electron chi connectivity index (χ3n) is 6.53. The fourth-order valence-electron chi connectivity index (χ4n) is 5.24. The summed E-state index contributed by atoms with van der Waals surface area (Å²) < 4.78 is 1.23. The lowest BCUT2D eigenvalue weighted by atomic mass is 9.93. The zero-order valence-corrected chi connectivity index (χ0v) is 18.6. The smallest absolute Gasteiger partial charge is 0.335 e. The van der Waals surface area contributed by atoms with Crippen LogP contribution in [0.1, 0.15) is 39.6 Å². The Balaban J connectivity index is 1.81. The van der Waals surface area contributed by atoms with Crippen LogP contribution in [0.2, 0.25) is 0 Å². The zero-order chi connectivity index (χ0) is 22.7. The van der Waals surface area contributed by atoms with Gasteiger partial charge in [-0.15, -0.1) is 0 Å². The fraction of sp³-hybridized carbons (Fsp3) is 0.280. The molecule has 1 aliphatic rings. The molecule has 0 bridgehead atoms. The molecular formula is C25H26N4O3. The first-order valence-corrected chi connectivity index (χ1v) is 10.7. The second kappa shape index (κ2) is 7.24. The molecule has 7 nitrogen and oxygen atoms in total. The van der Waals surface area contributed by atoms with Crippen LogP contribution in [-0.2, 0) is 6.42 Å². The van der Waals surface area contributed by atoms with Crippen LogP contribution in [0.25, 0.3) is 16.6 Å². The number of fused-ring (bicyclic) bond motifs is 3. The van der Waals surface area contributed by atoms with Crippen molar-refractivity contribution in [1.29, 1.82) is 0 Å². The standard InChI is InChI=1S/C25H26N4O3/c1-13-11-14(2)21(15(3)12-13)29-24(31)19(23(30)27-25(29)32)22-20-17(9-10-28(22)4)16-7-5-6-8-18(16)26-20/h5-8,11-12,22,26,31H,9-10H2,1-4H3,(H,27,30,32)/t22-/m1/s1. The van der Waals surface area contributed by atoms with Crippen molar-refractivity contribution in [2.24, 2.45) is 0 Å². The Morgan fingerprint density at radius 2 is 1.72 bits per heavy atom. The molecule has 0 spiro atoms. The minimum atomic E-state index is -0.651. The molecule has 0 amide bonds. The molecule has 0 fully saturated rings. The van der Waals surface area contributed by atoms with Gasteiger partial charge >= 0.3 is 5.69 Å². The average molecular weight is 431 g/mol. The van der Waals surface area contributed by atoms with Crippen LogP contribution in [0.15, 0.2) is 46.0 Å². The van der Waals surface area contributed by atoms with E-state index in [1.165, 1.54) is 4.57 Å². The largest absolute Gasteiger partial charge is 0.494 e. The predicted octanol–water partition coefficient (Wildman–Crippen LogP) is 3.22. The highest BCUT2D eigenvalue weighted by Gasteiger charge is 2.35. The predicted molar refractivity (Wildman–Crippen MR) is 125 cm³/mol. The van der Waals surface area contributed by atoms with Crippen molar-refractivity contribution in [2.75, 3.05) is 13.6 Å². The Hall–Kier alpha value is -3.58. The Bertz CT molecular complexity index is 1470. The lowest BCUT2D eigenvalue weighted by Gasteiger charge is -2.33. The van der Waals surface area contributed by atoms with Gasteiger partial charge in [-0.25, -0.2) is 9.36 Å². The summed E-state index contributed by atoms with van der Waals surface area (Å²) in [6, 6.07) is 11.5. The SMILES string of the molecule is Cc1cc(C)c(-n2c(O)c([C@@H]3c4[nH]c5ccccc5c4CCN3C)c(=O)[nH]c2=O)c(C)c1. The van der Waals surface area contributed by atoms with Crippen molar-refractivity contribution in [2.45, 2.75) is 33.2 Å². The molecular weight excluding hydrogens is 404 g/mol. The number of benzene rings is 2. The molecule has 3 heterocycles. The molecule has 4 aromatic rings. The molecule has 2 aromatic heterocycles. The third kappa shape index (κ3) is 2.92. The van der Waals surface area contributed by atoms with Crippen molar-refractivity contribution in [3.63, 3.8) is 0 Å². The van der Waals surface area contributed by atoms with Gasteiger partial charge in [0.05, 0.1) is 11.7 Å². The topological polar surface area (TPSA) is 94.1 Å². The van der Waals surface area contributed by atoms with E-state index in [9.17, 15) is 14.7 Å². The average Bonchev–Trinajstić information content (AvgIpc) is 3.09. The van der Waals surface area contributed by atoms with E-state index in [1.54, 1.807) is 0 Å². The van der Waals surface area contributed by atoms with Crippen LogP contribution in [0.4, 0.5) is 0 Å². The molecule has 0 unspecified atom stereocenters. The molecule has 5 rings (SSSR count). The molecule has 1 aliphatic heterocycles. The number of nitrogens with zero attached hydrogens (tertiary/aromatic N) is 2. The summed E-state index contributed by atoms with van der Waals surface area (Å²) >= 11 is 0. The lowest BCUT2D eigenvalue weighted by Crippen LogP contribution is -2.39. The quantitative estimate of drug-likeness (QED) is 0.455. The number of aryl methyl sites for hydroxylation is 3. The van der Waals surface area contributed by atoms with Crippen molar-refractivity contribution >= 4 is 10.9 Å². The number of nitrogens with one attached hydrogen (secondary N) is 2. The Morgan fingerprint density at radius 3 is 2.44 bits per heavy atom. The highest BCUT2D eigenvalue weighted by molar-refractivity contribution is 5.85. The molecule has 7 heteroatoms. The number of H-pyrrole nitrogens is 2. The highest BCUT2D eigenvalue weighted by atomic mass is 16.3. The molecule has 0 aliphatic carbocycles. The minimum Gasteiger partial charge on any atom is -0.494 e. The van der Waals surface area contributed by atoms with Gasteiger partial charge in [0, 0.05) is 23.1 Å². The van der Waals surface area contributed by atoms with Gasteiger partial charge in [-0.2, -0.15) is 0 Å². The van der Waals surface area contributed by atoms with Gasteiger partial charge in [0.2, 0.25) is 5.88 Å². The van der Waals surface area contributed by atoms with Crippen LogP contribution >= 0.6 is 0 Å². The second-order valence-corrected chi connectivity index (χ2v) is 8.78. The Morgan fingerprint density at radius 1 is 1.03 bits per heavy atom. The molecule has 32 heavy (non-hydrogen) atoms. The number of rotatable bonds is 2. The number of para-hydroxylation sites is 1. The first-order valence-electron chi connectivity index (χ1n) is 10.7. The highest BCUT2D eigenvalue weighted by Crippen LogP contribution is 2.39. The molecule has 164 valence electrons. The monoisotopic (exact) mass is 430 g/mol. The second-order valence-electron chi connectivity index (χ2n) is 8.78. The number of hydrogen-bond donors (Lipinski definition) is 3. The third-order valence-corrected chi connectivity index (χ3v) is 6.53. The normalized spacial score (nSPS) is 16.4. The van der Waals surface area contributed by atoms with Crippen LogP contribution in [-0.4, -0.2) is 38.1 Å². The number of hydrogen-bond acceptors (Lipinski definition) is 4. The molecule has 0 saturated carbocycles. The minimum absolute atomic E-state index is 0.166. The fourth-order valence-corrected chi connectivity index (χ4v) is 5.24. The van der Waals surface area contributed by atoms with Crippen LogP contribution < -0.4 is 11.2 Å². The van der Waals surface area contributed by atoms with E-state index in [1.807, 2.05) is 63.1 Å². The number of aromatic hydroxyl groups is 1. The van der Waals surface area contributed by atoms with Crippen molar-refractivity contribution in [3.8, 4) is 11.6 Å². The summed E-state index contributed by atoms with van der Waals surface area (Å²) in [5.41, 5.74) is 5.30. The summed E-state index contributed by atoms with van der Waals surface area (Å²) in [5, 5.41) is 12.5. The van der Waals surface area contributed by atoms with Gasteiger partial charge in [-0.3, -0.25) is 14.7 Å². The van der Waals surface area contributed by atoms with Crippen molar-refractivity contribution in [3.05, 3.63) is 90.7 Å². The van der Waals surface area contributed by atoms with Gasteiger partial charge in [0.15, 0.2) is 0 Å². The van der Waals surface area contributed by atoms with Gasteiger partial charge in [-0.05, 0) is 57.0 Å². The van der Waals surface area contributed by atoms with Gasteiger partial charge < -0.3 is 10.1 Å². The molecule has 1 atom stereocenters. The maximum atomic E-state index is 13.1. The van der Waals surface area contributed by atoms with E-state index in [0.29, 0.717) is 5.69 Å². The van der Waals surface area contributed by atoms with Crippen LogP contribution in [0.3, 0.4) is 0 Å². The van der Waals surface area contributed by atoms with Gasteiger partial charge in [0.25, 0.3) is 5.56 Å². The summed E-state index contributed by atoms with van der Waals surface area (Å²) in [6.45, 7) is 6.50. The molecule has 0 saturated heterocycles. The van der Waals surface area contributed by atoms with Gasteiger partial charge in [-0.1, -0.05) is 35.9 Å². The maximum Gasteiger partial charge on any atom is 0.335 e. The lowest BCUT2D eigenvalue weighted by molar-refractivity contribution is 0.251. The Labute approximate surface area is 185 Å². The Kier molecular flexibility index (Phi) is 4.60. The number of aromatic amines is 2. The van der Waals surface area contributed by atoms with E-state index in [4.69, 9.17) is 0 Å².